The van der Waals surface area contributed by atoms with Crippen molar-refractivity contribution in [3.05, 3.63) is 46.3 Å². The van der Waals surface area contributed by atoms with Crippen molar-refractivity contribution in [2.45, 2.75) is 36.6 Å². The Morgan fingerprint density at radius 2 is 2.09 bits per heavy atom. The number of carbonyl (C=O) groups excluding carboxylic acids is 2. The van der Waals surface area contributed by atoms with Gasteiger partial charge in [0, 0.05) is 35.9 Å². The summed E-state index contributed by atoms with van der Waals surface area (Å²) in [6, 6.07) is 5.85. The van der Waals surface area contributed by atoms with Gasteiger partial charge in [0.2, 0.25) is 0 Å². The minimum Gasteiger partial charge on any atom is -0.468 e. The number of ether oxygens (including phenoxy) is 1. The molecule has 0 bridgehead atoms. The summed E-state index contributed by atoms with van der Waals surface area (Å²) in [6.45, 7) is 8.00. The molecule has 1 heterocycles. The Kier molecular flexibility index (Phi) is 2.84. The zero-order valence-corrected chi connectivity index (χ0v) is 13.1. The highest BCUT2D eigenvalue weighted by Crippen LogP contribution is 2.55. The zero-order chi connectivity index (χ0) is 16.2. The van der Waals surface area contributed by atoms with Crippen molar-refractivity contribution in [1.82, 2.24) is 4.90 Å². The van der Waals surface area contributed by atoms with Crippen molar-refractivity contribution in [2.75, 3.05) is 20.2 Å². The normalized spacial score (nSPS) is 22.3. The maximum atomic E-state index is 12.7. The lowest BCUT2D eigenvalue weighted by atomic mass is 9.84. The standard InChI is InChI=1S/C18H18N2O3/c1-19-18(7-8-18)12-3-4-13-14(9-12)17(5-6-17)11-20(16(13)22)10-15(21)23-2/h3-4,9H,5-8,10-11H2,2H3. The Hall–Kier alpha value is -2.35. The summed E-state index contributed by atoms with van der Waals surface area (Å²) < 4.78 is 4.70. The molecule has 5 heteroatoms. The van der Waals surface area contributed by atoms with Crippen LogP contribution in [0.15, 0.2) is 18.2 Å². The van der Waals surface area contributed by atoms with Gasteiger partial charge in [0.05, 0.1) is 7.11 Å². The molecule has 4 rings (SSSR count). The van der Waals surface area contributed by atoms with E-state index in [9.17, 15) is 9.59 Å². The summed E-state index contributed by atoms with van der Waals surface area (Å²) in [5, 5.41) is 0. The second kappa shape index (κ2) is 4.58. The molecule has 0 N–H and O–H groups in total. The van der Waals surface area contributed by atoms with Crippen molar-refractivity contribution in [3.8, 4) is 0 Å². The Balaban J connectivity index is 1.72. The molecule has 2 aliphatic carbocycles. The van der Waals surface area contributed by atoms with Gasteiger partial charge in [0.25, 0.3) is 11.4 Å². The fourth-order valence-electron chi connectivity index (χ4n) is 3.66. The molecular weight excluding hydrogens is 292 g/mol. The van der Waals surface area contributed by atoms with E-state index in [1.165, 1.54) is 7.11 Å². The average Bonchev–Trinajstić information content (AvgIpc) is 3.48. The van der Waals surface area contributed by atoms with Gasteiger partial charge < -0.3 is 14.5 Å². The van der Waals surface area contributed by atoms with E-state index in [1.807, 2.05) is 12.1 Å². The summed E-state index contributed by atoms with van der Waals surface area (Å²) in [5.41, 5.74) is 2.44. The fourth-order valence-corrected chi connectivity index (χ4v) is 3.66. The first-order valence-electron chi connectivity index (χ1n) is 7.93. The third kappa shape index (κ3) is 2.05. The van der Waals surface area contributed by atoms with Crippen LogP contribution in [0.4, 0.5) is 0 Å². The van der Waals surface area contributed by atoms with Gasteiger partial charge in [-0.25, -0.2) is 6.57 Å². The zero-order valence-electron chi connectivity index (χ0n) is 13.1. The van der Waals surface area contributed by atoms with E-state index in [2.05, 4.69) is 10.9 Å². The molecule has 118 valence electrons. The van der Waals surface area contributed by atoms with Crippen LogP contribution in [0.5, 0.6) is 0 Å². The predicted molar refractivity (Wildman–Crippen MR) is 82.8 cm³/mol. The quantitative estimate of drug-likeness (QED) is 0.635. The number of amides is 1. The molecule has 0 atom stereocenters. The van der Waals surface area contributed by atoms with Crippen molar-refractivity contribution in [2.24, 2.45) is 0 Å². The van der Waals surface area contributed by atoms with Crippen LogP contribution in [-0.4, -0.2) is 37.0 Å². The average molecular weight is 310 g/mol. The maximum Gasteiger partial charge on any atom is 0.325 e. The number of esters is 1. The van der Waals surface area contributed by atoms with Gasteiger partial charge >= 0.3 is 5.97 Å². The minimum atomic E-state index is -0.390. The van der Waals surface area contributed by atoms with Gasteiger partial charge in [-0.2, -0.15) is 0 Å². The lowest BCUT2D eigenvalue weighted by molar-refractivity contribution is -0.141. The molecular formula is C18H18N2O3. The van der Waals surface area contributed by atoms with Crippen LogP contribution >= 0.6 is 0 Å². The molecule has 1 aromatic rings. The van der Waals surface area contributed by atoms with Crippen LogP contribution in [0, 0.1) is 6.57 Å². The Bertz CT molecular complexity index is 754. The number of benzene rings is 1. The number of hydrogen-bond donors (Lipinski definition) is 0. The molecule has 1 amide bonds. The minimum absolute atomic E-state index is 0.00423. The third-order valence-electron chi connectivity index (χ3n) is 5.48. The summed E-state index contributed by atoms with van der Waals surface area (Å²) in [4.78, 5) is 29.6. The molecule has 3 aliphatic rings. The van der Waals surface area contributed by atoms with Crippen molar-refractivity contribution in [1.29, 1.82) is 0 Å². The van der Waals surface area contributed by atoms with E-state index < -0.39 is 0 Å². The molecule has 0 unspecified atom stereocenters. The molecule has 0 saturated heterocycles. The molecule has 1 aliphatic heterocycles. The van der Waals surface area contributed by atoms with E-state index >= 15 is 0 Å². The van der Waals surface area contributed by atoms with Crippen molar-refractivity contribution in [3.63, 3.8) is 0 Å². The maximum absolute atomic E-state index is 12.7. The van der Waals surface area contributed by atoms with Crippen molar-refractivity contribution >= 4 is 11.9 Å². The Labute approximate surface area is 135 Å². The highest BCUT2D eigenvalue weighted by Gasteiger charge is 2.56. The smallest absolute Gasteiger partial charge is 0.325 e. The first-order valence-corrected chi connectivity index (χ1v) is 7.93. The molecule has 0 radical (unpaired) electrons. The first-order chi connectivity index (χ1) is 11.0. The predicted octanol–water partition coefficient (Wildman–Crippen LogP) is 2.26. The SMILES string of the molecule is [C-]#[N+]C1(c2ccc3c(c2)C2(CC2)CN(CC(=O)OC)C3=O)CC1. The number of nitrogens with zero attached hydrogens (tertiary/aromatic N) is 2. The van der Waals surface area contributed by atoms with Gasteiger partial charge in [-0.1, -0.05) is 6.07 Å². The number of rotatable bonds is 3. The van der Waals surface area contributed by atoms with E-state index in [1.54, 1.807) is 4.90 Å². The molecule has 2 saturated carbocycles. The van der Waals surface area contributed by atoms with Crippen LogP contribution in [-0.2, 0) is 20.5 Å². The number of carbonyl (C=O) groups is 2. The molecule has 1 aromatic carbocycles. The molecule has 2 fully saturated rings. The number of methoxy groups -OCH3 is 1. The lowest BCUT2D eigenvalue weighted by Crippen LogP contribution is -2.46. The van der Waals surface area contributed by atoms with Gasteiger partial charge in [-0.15, -0.1) is 0 Å². The summed E-state index contributed by atoms with van der Waals surface area (Å²) in [7, 11) is 1.34. The Morgan fingerprint density at radius 1 is 1.35 bits per heavy atom. The van der Waals surface area contributed by atoms with Gasteiger partial charge in [0.15, 0.2) is 0 Å². The highest BCUT2D eigenvalue weighted by molar-refractivity contribution is 5.99. The molecule has 1 spiro atoms. The van der Waals surface area contributed by atoms with Crippen LogP contribution in [0.3, 0.4) is 0 Å². The van der Waals surface area contributed by atoms with Crippen molar-refractivity contribution < 1.29 is 14.3 Å². The topological polar surface area (TPSA) is 51.0 Å². The second-order valence-electron chi connectivity index (χ2n) is 6.92. The number of fused-ring (bicyclic) bond motifs is 2. The number of hydrogen-bond acceptors (Lipinski definition) is 3. The first kappa shape index (κ1) is 14.3. The largest absolute Gasteiger partial charge is 0.468 e. The van der Waals surface area contributed by atoms with Gasteiger partial charge in [-0.05, 0) is 30.5 Å². The molecule has 23 heavy (non-hydrogen) atoms. The third-order valence-corrected chi connectivity index (χ3v) is 5.48. The van der Waals surface area contributed by atoms with Crippen LogP contribution < -0.4 is 0 Å². The van der Waals surface area contributed by atoms with E-state index in [0.717, 1.165) is 36.8 Å². The monoisotopic (exact) mass is 310 g/mol. The van der Waals surface area contributed by atoms with Gasteiger partial charge in [-0.3, -0.25) is 9.59 Å². The Morgan fingerprint density at radius 3 is 2.65 bits per heavy atom. The summed E-state index contributed by atoms with van der Waals surface area (Å²) in [6.07, 6.45) is 3.87. The van der Waals surface area contributed by atoms with Crippen LogP contribution in [0.2, 0.25) is 0 Å². The summed E-state index contributed by atoms with van der Waals surface area (Å²) in [5.74, 6) is -0.499. The highest BCUT2D eigenvalue weighted by atomic mass is 16.5. The summed E-state index contributed by atoms with van der Waals surface area (Å²) >= 11 is 0. The van der Waals surface area contributed by atoms with Gasteiger partial charge in [0.1, 0.15) is 6.54 Å². The molecule has 5 nitrogen and oxygen atoms in total. The fraction of sp³-hybridized carbons (Fsp3) is 0.500. The lowest BCUT2D eigenvalue weighted by Gasteiger charge is -2.34. The molecule has 0 aromatic heterocycles. The van der Waals surface area contributed by atoms with E-state index in [-0.39, 0.29) is 29.4 Å². The van der Waals surface area contributed by atoms with Crippen LogP contribution in [0.25, 0.3) is 4.85 Å². The van der Waals surface area contributed by atoms with Crippen LogP contribution in [0.1, 0.15) is 47.2 Å². The second-order valence-corrected chi connectivity index (χ2v) is 6.92. The van der Waals surface area contributed by atoms with E-state index in [0.29, 0.717) is 12.1 Å². The van der Waals surface area contributed by atoms with E-state index in [4.69, 9.17) is 11.3 Å².